The van der Waals surface area contributed by atoms with E-state index in [4.69, 9.17) is 10.2 Å². The Morgan fingerprint density at radius 1 is 1.38 bits per heavy atom. The largest absolute Gasteiger partial charge is 0.448 e. The number of hydrogen-bond donors (Lipinski definition) is 2. The number of thioether (sulfide) groups is 1. The molecule has 1 atom stereocenters. The normalized spacial score (nSPS) is 22.0. The molecule has 8 heteroatoms. The topological polar surface area (TPSA) is 93.5 Å². The van der Waals surface area contributed by atoms with Gasteiger partial charge in [0.25, 0.3) is 5.91 Å². The predicted molar refractivity (Wildman–Crippen MR) is 101 cm³/mol. The number of amidine groups is 1. The van der Waals surface area contributed by atoms with Crippen molar-refractivity contribution >= 4 is 28.5 Å². The van der Waals surface area contributed by atoms with E-state index in [0.717, 1.165) is 0 Å². The maximum Gasteiger partial charge on any atom is 0.277 e. The van der Waals surface area contributed by atoms with Crippen LogP contribution in [-0.4, -0.2) is 20.8 Å². The molecule has 2 aromatic rings. The molecule has 1 aliphatic rings. The Morgan fingerprint density at radius 2 is 2.12 bits per heavy atom. The van der Waals surface area contributed by atoms with E-state index in [9.17, 15) is 9.18 Å². The van der Waals surface area contributed by atoms with Crippen LogP contribution in [0.5, 0.6) is 0 Å². The molecule has 0 radical (unpaired) electrons. The smallest absolute Gasteiger partial charge is 0.277 e. The highest BCUT2D eigenvalue weighted by atomic mass is 32.2. The number of hydrogen-bond acceptors (Lipinski definition) is 6. The summed E-state index contributed by atoms with van der Waals surface area (Å²) in [5.41, 5.74) is 6.17. The Morgan fingerprint density at radius 3 is 2.73 bits per heavy atom. The summed E-state index contributed by atoms with van der Waals surface area (Å²) in [7, 11) is 0. The highest BCUT2D eigenvalue weighted by Gasteiger charge is 2.40. The number of aryl methyl sites for hydroxylation is 1. The van der Waals surface area contributed by atoms with Gasteiger partial charge in [-0.05, 0) is 31.5 Å². The number of benzene rings is 1. The third-order valence-corrected chi connectivity index (χ3v) is 5.16. The number of nitrogens with two attached hydrogens (primary N) is 1. The lowest BCUT2D eigenvalue weighted by molar-refractivity contribution is 0.102. The molecule has 0 unspecified atom stereocenters. The zero-order valence-corrected chi connectivity index (χ0v) is 15.9. The van der Waals surface area contributed by atoms with Crippen LogP contribution in [0.15, 0.2) is 33.9 Å². The maximum absolute atomic E-state index is 14.6. The van der Waals surface area contributed by atoms with Crippen molar-refractivity contribution in [3.8, 4) is 0 Å². The van der Waals surface area contributed by atoms with Crippen LogP contribution in [0.4, 0.5) is 10.1 Å². The first kappa shape index (κ1) is 18.4. The molecule has 1 aromatic heterocycles. The summed E-state index contributed by atoms with van der Waals surface area (Å²) >= 11 is 1.48. The molecular weight excluding hydrogens is 355 g/mol. The standard InChI is InChI=1S/C18H21FN4O2S/c1-10-21-14(8-25-10)15(24)22-11-5-6-13(19)12(7-11)18(4)9-17(2,3)26-16(20)23-18/h5-8H,9H2,1-4H3,(H2,20,23)(H,22,24)/t18-/m0/s1. The van der Waals surface area contributed by atoms with E-state index in [-0.39, 0.29) is 16.3 Å². The number of oxazole rings is 1. The first-order valence-corrected chi connectivity index (χ1v) is 8.97. The molecule has 0 aliphatic carbocycles. The summed E-state index contributed by atoms with van der Waals surface area (Å²) in [6.45, 7) is 7.60. The van der Waals surface area contributed by atoms with Gasteiger partial charge in [0.1, 0.15) is 12.1 Å². The Labute approximate surface area is 155 Å². The number of carbonyl (C=O) groups excluding carboxylic acids is 1. The minimum Gasteiger partial charge on any atom is -0.448 e. The van der Waals surface area contributed by atoms with E-state index in [1.54, 1.807) is 13.0 Å². The van der Waals surface area contributed by atoms with Crippen LogP contribution >= 0.6 is 11.8 Å². The first-order valence-electron chi connectivity index (χ1n) is 8.16. The van der Waals surface area contributed by atoms with Crippen LogP contribution in [0.25, 0.3) is 0 Å². The summed E-state index contributed by atoms with van der Waals surface area (Å²) in [4.78, 5) is 20.7. The van der Waals surface area contributed by atoms with Crippen LogP contribution in [0.3, 0.4) is 0 Å². The van der Waals surface area contributed by atoms with Gasteiger partial charge >= 0.3 is 0 Å². The highest BCUT2D eigenvalue weighted by molar-refractivity contribution is 8.15. The van der Waals surface area contributed by atoms with Crippen molar-refractivity contribution in [3.05, 3.63) is 47.4 Å². The lowest BCUT2D eigenvalue weighted by Crippen LogP contribution is -2.38. The molecule has 0 saturated heterocycles. The van der Waals surface area contributed by atoms with Gasteiger partial charge in [-0.15, -0.1) is 0 Å². The number of aliphatic imine (C=N–C) groups is 1. The Balaban J connectivity index is 1.93. The van der Waals surface area contributed by atoms with Crippen LogP contribution in [-0.2, 0) is 5.54 Å². The summed E-state index contributed by atoms with van der Waals surface area (Å²) in [6.07, 6.45) is 1.89. The van der Waals surface area contributed by atoms with E-state index >= 15 is 0 Å². The summed E-state index contributed by atoms with van der Waals surface area (Å²) < 4.78 is 19.5. The molecule has 1 aromatic carbocycles. The van der Waals surface area contributed by atoms with Gasteiger partial charge in [-0.25, -0.2) is 9.37 Å². The summed E-state index contributed by atoms with van der Waals surface area (Å²) in [6, 6.07) is 4.43. The molecule has 1 aliphatic heterocycles. The number of amides is 1. The van der Waals surface area contributed by atoms with Gasteiger partial charge in [0.2, 0.25) is 0 Å². The lowest BCUT2D eigenvalue weighted by atomic mass is 9.83. The van der Waals surface area contributed by atoms with E-state index in [1.165, 1.54) is 30.2 Å². The number of nitrogens with zero attached hydrogens (tertiary/aromatic N) is 2. The van der Waals surface area contributed by atoms with Crippen molar-refractivity contribution in [3.63, 3.8) is 0 Å². The number of rotatable bonds is 3. The Bertz CT molecular complexity index is 893. The molecule has 3 rings (SSSR count). The van der Waals surface area contributed by atoms with Gasteiger partial charge in [0.05, 0.1) is 5.54 Å². The molecular formula is C18H21FN4O2S. The molecule has 0 spiro atoms. The molecule has 26 heavy (non-hydrogen) atoms. The highest BCUT2D eigenvalue weighted by Crippen LogP contribution is 2.45. The van der Waals surface area contributed by atoms with E-state index < -0.39 is 11.4 Å². The van der Waals surface area contributed by atoms with Crippen LogP contribution in [0, 0.1) is 12.7 Å². The van der Waals surface area contributed by atoms with E-state index in [2.05, 4.69) is 15.3 Å². The second-order valence-corrected chi connectivity index (χ2v) is 8.89. The van der Waals surface area contributed by atoms with Crippen molar-refractivity contribution in [1.82, 2.24) is 4.98 Å². The molecule has 1 amide bonds. The van der Waals surface area contributed by atoms with Crippen molar-refractivity contribution in [2.45, 2.75) is 44.4 Å². The van der Waals surface area contributed by atoms with E-state index in [1.807, 2.05) is 20.8 Å². The van der Waals surface area contributed by atoms with Crippen molar-refractivity contribution in [2.24, 2.45) is 10.7 Å². The fourth-order valence-corrected chi connectivity index (χ4v) is 4.45. The SMILES string of the molecule is Cc1nc(C(=O)Nc2ccc(F)c([C@]3(C)CC(C)(C)SC(N)=N3)c2)co1. The van der Waals surface area contributed by atoms with E-state index in [0.29, 0.717) is 28.7 Å². The third kappa shape index (κ3) is 3.75. The zero-order valence-electron chi connectivity index (χ0n) is 15.1. The molecule has 138 valence electrons. The summed E-state index contributed by atoms with van der Waals surface area (Å²) in [5.74, 6) is -0.414. The minimum absolute atomic E-state index is 0.164. The maximum atomic E-state index is 14.6. The number of aromatic nitrogens is 1. The van der Waals surface area contributed by atoms with Crippen LogP contribution < -0.4 is 11.1 Å². The van der Waals surface area contributed by atoms with Crippen molar-refractivity contribution in [2.75, 3.05) is 5.32 Å². The predicted octanol–water partition coefficient (Wildman–Crippen LogP) is 3.82. The van der Waals surface area contributed by atoms with Gasteiger partial charge in [-0.1, -0.05) is 25.6 Å². The van der Waals surface area contributed by atoms with Gasteiger partial charge in [-0.2, -0.15) is 0 Å². The van der Waals surface area contributed by atoms with Gasteiger partial charge in [0.15, 0.2) is 16.8 Å². The van der Waals surface area contributed by atoms with Gasteiger partial charge < -0.3 is 15.5 Å². The average Bonchev–Trinajstić information content (AvgIpc) is 2.93. The van der Waals surface area contributed by atoms with Crippen LogP contribution in [0.1, 0.15) is 49.1 Å². The summed E-state index contributed by atoms with van der Waals surface area (Å²) in [5, 5.41) is 3.14. The Hall–Kier alpha value is -2.35. The number of carbonyl (C=O) groups is 1. The van der Waals surface area contributed by atoms with Crippen molar-refractivity contribution in [1.29, 1.82) is 0 Å². The third-order valence-electron chi connectivity index (χ3n) is 4.16. The fourth-order valence-electron chi connectivity index (χ4n) is 3.29. The average molecular weight is 376 g/mol. The molecule has 3 N–H and O–H groups in total. The van der Waals surface area contributed by atoms with Crippen LogP contribution in [0.2, 0.25) is 0 Å². The van der Waals surface area contributed by atoms with Crippen molar-refractivity contribution < 1.29 is 13.6 Å². The van der Waals surface area contributed by atoms with Gasteiger partial charge in [-0.3, -0.25) is 9.79 Å². The fraction of sp³-hybridized carbons (Fsp3) is 0.389. The number of nitrogens with one attached hydrogen (secondary N) is 1. The molecule has 0 fully saturated rings. The molecule has 6 nitrogen and oxygen atoms in total. The van der Waals surface area contributed by atoms with Gasteiger partial charge in [0, 0.05) is 22.9 Å². The Kier molecular flexibility index (Phi) is 4.56. The lowest BCUT2D eigenvalue weighted by Gasteiger charge is -2.39. The second kappa shape index (κ2) is 6.42. The number of anilines is 1. The zero-order chi connectivity index (χ0) is 19.1. The first-order chi connectivity index (χ1) is 12.1. The second-order valence-electron chi connectivity index (χ2n) is 7.16. The molecule has 2 heterocycles. The quantitative estimate of drug-likeness (QED) is 0.849. The molecule has 0 saturated carbocycles. The molecule has 0 bridgehead atoms. The monoisotopic (exact) mass is 376 g/mol. The minimum atomic E-state index is -0.811. The number of halogens is 1.